The molecule has 0 radical (unpaired) electrons. The largest absolute Gasteiger partial charge is 0.497 e. The maximum Gasteiger partial charge on any atom is 0.322 e. The molecule has 1 aliphatic rings. The number of aromatic nitrogens is 1. The van der Waals surface area contributed by atoms with Gasteiger partial charge in [0.05, 0.1) is 30.9 Å². The highest BCUT2D eigenvalue weighted by Gasteiger charge is 2.28. The Bertz CT molecular complexity index is 787. The molecule has 1 aromatic carbocycles. The molecule has 1 aliphatic heterocycles. The molecule has 3 rings (SSSR count). The van der Waals surface area contributed by atoms with E-state index in [2.05, 4.69) is 26.2 Å². The lowest BCUT2D eigenvalue weighted by Gasteiger charge is -2.19. The summed E-state index contributed by atoms with van der Waals surface area (Å²) in [6.45, 7) is 1.10. The molecule has 2 amide bonds. The predicted octanol–water partition coefficient (Wildman–Crippen LogP) is 3.55. The molecule has 2 heterocycles. The van der Waals surface area contributed by atoms with Crippen molar-refractivity contribution in [2.45, 2.75) is 12.5 Å². The van der Waals surface area contributed by atoms with E-state index in [1.807, 2.05) is 12.1 Å². The summed E-state index contributed by atoms with van der Waals surface area (Å²) in [5, 5.41) is 2.88. The van der Waals surface area contributed by atoms with Crippen LogP contribution in [-0.4, -0.2) is 49.3 Å². The molecule has 0 bridgehead atoms. The molecule has 7 nitrogen and oxygen atoms in total. The summed E-state index contributed by atoms with van der Waals surface area (Å²) in [5.41, 5.74) is 0.593. The number of rotatable bonds is 5. The lowest BCUT2D eigenvalue weighted by molar-refractivity contribution is 0.189. The van der Waals surface area contributed by atoms with Gasteiger partial charge in [-0.15, -0.1) is 0 Å². The third-order valence-electron chi connectivity index (χ3n) is 4.09. The summed E-state index contributed by atoms with van der Waals surface area (Å²) in [6, 6.07) is 8.76. The number of hydrogen-bond acceptors (Lipinski definition) is 5. The maximum absolute atomic E-state index is 12.5. The Balaban J connectivity index is 1.60. The van der Waals surface area contributed by atoms with E-state index in [1.54, 1.807) is 43.5 Å². The van der Waals surface area contributed by atoms with Gasteiger partial charge in [-0.1, -0.05) is 0 Å². The number of carbonyl (C=O) groups is 1. The van der Waals surface area contributed by atoms with Crippen LogP contribution in [0.2, 0.25) is 0 Å². The summed E-state index contributed by atoms with van der Waals surface area (Å²) in [7, 11) is 3.13. The molecule has 0 aliphatic carbocycles. The number of carbonyl (C=O) groups excluding carboxylic acids is 1. The molecule has 8 heteroatoms. The maximum atomic E-state index is 12.5. The number of anilines is 1. The third kappa shape index (κ3) is 4.19. The summed E-state index contributed by atoms with van der Waals surface area (Å²) < 4.78 is 17.2. The van der Waals surface area contributed by atoms with Crippen LogP contribution in [0.3, 0.4) is 0 Å². The van der Waals surface area contributed by atoms with Gasteiger partial charge in [0, 0.05) is 25.2 Å². The number of halogens is 1. The van der Waals surface area contributed by atoms with Crippen LogP contribution in [-0.2, 0) is 0 Å². The molecule has 1 saturated heterocycles. The zero-order chi connectivity index (χ0) is 18.5. The van der Waals surface area contributed by atoms with Crippen LogP contribution in [0.25, 0.3) is 0 Å². The minimum Gasteiger partial charge on any atom is -0.497 e. The minimum absolute atomic E-state index is 0.0929. The lowest BCUT2D eigenvalue weighted by Crippen LogP contribution is -2.34. The van der Waals surface area contributed by atoms with Crippen LogP contribution in [0.4, 0.5) is 10.5 Å². The number of hydrogen-bond donors (Lipinski definition) is 1. The fourth-order valence-electron chi connectivity index (χ4n) is 2.72. The number of pyridine rings is 1. The molecule has 0 saturated carbocycles. The number of benzene rings is 1. The van der Waals surface area contributed by atoms with E-state index >= 15 is 0 Å². The third-order valence-corrected chi connectivity index (χ3v) is 4.69. The molecule has 1 atom stereocenters. The number of nitrogens with zero attached hydrogens (tertiary/aromatic N) is 2. The van der Waals surface area contributed by atoms with Gasteiger partial charge in [-0.05, 0) is 40.2 Å². The monoisotopic (exact) mass is 421 g/mol. The normalized spacial score (nSPS) is 16.3. The van der Waals surface area contributed by atoms with E-state index in [9.17, 15) is 4.79 Å². The Morgan fingerprint density at radius 1 is 1.31 bits per heavy atom. The number of amides is 2. The van der Waals surface area contributed by atoms with Gasteiger partial charge in [0.1, 0.15) is 17.6 Å². The molecule has 1 N–H and O–H groups in total. The number of methoxy groups -OCH3 is 2. The van der Waals surface area contributed by atoms with Gasteiger partial charge in [0.15, 0.2) is 0 Å². The fourth-order valence-corrected chi connectivity index (χ4v) is 3.07. The first kappa shape index (κ1) is 18.3. The topological polar surface area (TPSA) is 72.9 Å². The zero-order valence-corrected chi connectivity index (χ0v) is 16.2. The highest BCUT2D eigenvalue weighted by molar-refractivity contribution is 9.10. The van der Waals surface area contributed by atoms with Crippen LogP contribution < -0.4 is 19.5 Å². The van der Waals surface area contributed by atoms with E-state index in [0.717, 1.165) is 10.9 Å². The highest BCUT2D eigenvalue weighted by atomic mass is 79.9. The van der Waals surface area contributed by atoms with Crippen molar-refractivity contribution in [3.8, 4) is 17.4 Å². The Labute approximate surface area is 160 Å². The summed E-state index contributed by atoms with van der Waals surface area (Å²) >= 11 is 3.41. The number of urea groups is 1. The Morgan fingerprint density at radius 3 is 2.88 bits per heavy atom. The molecular weight excluding hydrogens is 402 g/mol. The van der Waals surface area contributed by atoms with Crippen molar-refractivity contribution in [2.75, 3.05) is 32.6 Å². The van der Waals surface area contributed by atoms with Gasteiger partial charge in [0.2, 0.25) is 5.88 Å². The smallest absolute Gasteiger partial charge is 0.322 e. The van der Waals surface area contributed by atoms with Crippen LogP contribution in [0.15, 0.2) is 41.0 Å². The first-order valence-corrected chi connectivity index (χ1v) is 8.95. The molecule has 138 valence electrons. The second-order valence-corrected chi connectivity index (χ2v) is 6.62. The molecule has 1 fully saturated rings. The van der Waals surface area contributed by atoms with Crippen molar-refractivity contribution in [2.24, 2.45) is 0 Å². The predicted molar refractivity (Wildman–Crippen MR) is 101 cm³/mol. The first-order valence-electron chi connectivity index (χ1n) is 8.16. The van der Waals surface area contributed by atoms with Gasteiger partial charge in [-0.3, -0.25) is 0 Å². The van der Waals surface area contributed by atoms with E-state index in [1.165, 1.54) is 0 Å². The molecule has 2 aromatic rings. The number of likely N-dealkylation sites (tertiary alicyclic amines) is 1. The van der Waals surface area contributed by atoms with Crippen molar-refractivity contribution in [1.82, 2.24) is 9.88 Å². The lowest BCUT2D eigenvalue weighted by atomic mass is 10.2. The van der Waals surface area contributed by atoms with Crippen LogP contribution in [0.5, 0.6) is 17.4 Å². The fraction of sp³-hybridized carbons (Fsp3) is 0.333. The van der Waals surface area contributed by atoms with Gasteiger partial charge in [-0.25, -0.2) is 9.78 Å². The first-order chi connectivity index (χ1) is 12.6. The van der Waals surface area contributed by atoms with Crippen molar-refractivity contribution in [1.29, 1.82) is 0 Å². The Kier molecular flexibility index (Phi) is 5.82. The second-order valence-electron chi connectivity index (χ2n) is 5.76. The Hall–Kier alpha value is -2.48. The van der Waals surface area contributed by atoms with Crippen molar-refractivity contribution in [3.05, 3.63) is 41.0 Å². The molecular formula is C18H20BrN3O4. The van der Waals surface area contributed by atoms with Crippen molar-refractivity contribution in [3.63, 3.8) is 0 Å². The Morgan fingerprint density at radius 2 is 2.15 bits per heavy atom. The second kappa shape index (κ2) is 8.27. The highest BCUT2D eigenvalue weighted by Crippen LogP contribution is 2.30. The van der Waals surface area contributed by atoms with Gasteiger partial charge in [-0.2, -0.15) is 0 Å². The SMILES string of the molecule is COc1ccc(NC(=O)N2CCC(Oc3ncccc3Br)C2)c(OC)c1. The van der Waals surface area contributed by atoms with Crippen LogP contribution in [0.1, 0.15) is 6.42 Å². The standard InChI is InChI=1S/C18H20BrN3O4/c1-24-12-5-6-15(16(10-12)25-2)21-18(23)22-9-7-13(11-22)26-17-14(19)4-3-8-20-17/h3-6,8,10,13H,7,9,11H2,1-2H3,(H,21,23). The zero-order valence-electron chi connectivity index (χ0n) is 14.6. The van der Waals surface area contributed by atoms with Gasteiger partial charge in [0.25, 0.3) is 0 Å². The minimum atomic E-state index is -0.195. The van der Waals surface area contributed by atoms with E-state index in [0.29, 0.717) is 36.2 Å². The molecule has 1 unspecified atom stereocenters. The van der Waals surface area contributed by atoms with Crippen LogP contribution >= 0.6 is 15.9 Å². The van der Waals surface area contributed by atoms with Crippen LogP contribution in [0, 0.1) is 0 Å². The average Bonchev–Trinajstić information content (AvgIpc) is 3.12. The van der Waals surface area contributed by atoms with Gasteiger partial charge >= 0.3 is 6.03 Å². The van der Waals surface area contributed by atoms with Crippen molar-refractivity contribution >= 4 is 27.6 Å². The summed E-state index contributed by atoms with van der Waals surface area (Å²) in [6.07, 6.45) is 2.33. The number of nitrogens with one attached hydrogen (secondary N) is 1. The van der Waals surface area contributed by atoms with E-state index in [4.69, 9.17) is 14.2 Å². The molecule has 0 spiro atoms. The van der Waals surface area contributed by atoms with E-state index < -0.39 is 0 Å². The number of ether oxygens (including phenoxy) is 3. The van der Waals surface area contributed by atoms with E-state index in [-0.39, 0.29) is 12.1 Å². The van der Waals surface area contributed by atoms with Crippen molar-refractivity contribution < 1.29 is 19.0 Å². The summed E-state index contributed by atoms with van der Waals surface area (Å²) in [5.74, 6) is 1.74. The van der Waals surface area contributed by atoms with Gasteiger partial charge < -0.3 is 24.4 Å². The average molecular weight is 422 g/mol. The quantitative estimate of drug-likeness (QED) is 0.798. The molecule has 1 aromatic heterocycles. The molecule has 26 heavy (non-hydrogen) atoms. The summed E-state index contributed by atoms with van der Waals surface area (Å²) in [4.78, 5) is 18.5.